The fourth-order valence-electron chi connectivity index (χ4n) is 1.88. The summed E-state index contributed by atoms with van der Waals surface area (Å²) in [6.07, 6.45) is 0. The predicted octanol–water partition coefficient (Wildman–Crippen LogP) is 3.84. The van der Waals surface area contributed by atoms with E-state index in [0.29, 0.717) is 5.69 Å². The first-order chi connectivity index (χ1) is 10.1. The van der Waals surface area contributed by atoms with Crippen LogP contribution in [0.4, 0.5) is 11.4 Å². The first-order valence-corrected chi connectivity index (χ1v) is 7.93. The van der Waals surface area contributed by atoms with E-state index in [-0.39, 0.29) is 11.2 Å². The second kappa shape index (κ2) is 7.18. The van der Waals surface area contributed by atoms with Gasteiger partial charge in [0.25, 0.3) is 0 Å². The first-order valence-electron chi connectivity index (χ1n) is 6.89. The summed E-state index contributed by atoms with van der Waals surface area (Å²) in [5.74, 6) is 0.829. The Balaban J connectivity index is 1.92. The molecule has 110 valence electrons. The zero-order valence-corrected chi connectivity index (χ0v) is 13.1. The Hall–Kier alpha value is -1.94. The molecule has 0 aliphatic rings. The van der Waals surface area contributed by atoms with Gasteiger partial charge in [-0.1, -0.05) is 36.4 Å². The molecule has 21 heavy (non-hydrogen) atoms. The van der Waals surface area contributed by atoms with Gasteiger partial charge in [0.15, 0.2) is 0 Å². The minimum absolute atomic E-state index is 0.00429. The molecular formula is C17H20N2OS. The van der Waals surface area contributed by atoms with Crippen LogP contribution < -0.4 is 11.1 Å². The Morgan fingerprint density at radius 2 is 1.95 bits per heavy atom. The van der Waals surface area contributed by atoms with Crippen molar-refractivity contribution in [3.8, 4) is 0 Å². The van der Waals surface area contributed by atoms with Gasteiger partial charge in [0.05, 0.1) is 5.25 Å². The molecule has 0 aromatic heterocycles. The lowest BCUT2D eigenvalue weighted by Crippen LogP contribution is -2.23. The molecule has 3 nitrogen and oxygen atoms in total. The third-order valence-corrected chi connectivity index (χ3v) is 4.45. The van der Waals surface area contributed by atoms with Gasteiger partial charge in [0.2, 0.25) is 5.91 Å². The van der Waals surface area contributed by atoms with E-state index in [9.17, 15) is 4.79 Å². The van der Waals surface area contributed by atoms with Crippen LogP contribution in [0.5, 0.6) is 0 Å². The van der Waals surface area contributed by atoms with E-state index in [1.807, 2.05) is 44.2 Å². The summed E-state index contributed by atoms with van der Waals surface area (Å²) in [5, 5.41) is 2.83. The van der Waals surface area contributed by atoms with E-state index in [0.717, 1.165) is 17.0 Å². The first kappa shape index (κ1) is 15.4. The lowest BCUT2D eigenvalue weighted by Gasteiger charge is -2.14. The van der Waals surface area contributed by atoms with Crippen LogP contribution in [-0.2, 0) is 10.5 Å². The maximum Gasteiger partial charge on any atom is 0.237 e. The van der Waals surface area contributed by atoms with Crippen LogP contribution in [-0.4, -0.2) is 11.2 Å². The van der Waals surface area contributed by atoms with Gasteiger partial charge < -0.3 is 11.1 Å². The standard InChI is InChI=1S/C17H20N2OS/c1-12-8-9-15(18)10-16(12)19-17(20)13(2)21-11-14-6-4-3-5-7-14/h3-10,13H,11,18H2,1-2H3,(H,19,20). The lowest BCUT2D eigenvalue weighted by atomic mass is 10.2. The molecule has 0 bridgehead atoms. The minimum Gasteiger partial charge on any atom is -0.399 e. The van der Waals surface area contributed by atoms with Gasteiger partial charge in [-0.05, 0) is 37.1 Å². The molecule has 2 aromatic carbocycles. The van der Waals surface area contributed by atoms with Crippen molar-refractivity contribution in [3.63, 3.8) is 0 Å². The van der Waals surface area contributed by atoms with Crippen LogP contribution in [0.15, 0.2) is 48.5 Å². The van der Waals surface area contributed by atoms with Gasteiger partial charge in [0.1, 0.15) is 0 Å². The Kier molecular flexibility index (Phi) is 5.28. The van der Waals surface area contributed by atoms with Crippen LogP contribution in [0, 0.1) is 6.92 Å². The monoisotopic (exact) mass is 300 g/mol. The number of nitrogen functional groups attached to an aromatic ring is 1. The predicted molar refractivity (Wildman–Crippen MR) is 91.4 cm³/mol. The summed E-state index contributed by atoms with van der Waals surface area (Å²) in [6.45, 7) is 3.88. The highest BCUT2D eigenvalue weighted by atomic mass is 32.2. The van der Waals surface area contributed by atoms with E-state index in [1.54, 1.807) is 17.8 Å². The number of thioether (sulfide) groups is 1. The van der Waals surface area contributed by atoms with Crippen molar-refractivity contribution in [1.82, 2.24) is 0 Å². The second-order valence-corrected chi connectivity index (χ2v) is 6.33. The van der Waals surface area contributed by atoms with Crippen molar-refractivity contribution >= 4 is 29.0 Å². The summed E-state index contributed by atoms with van der Waals surface area (Å²) >= 11 is 1.62. The van der Waals surface area contributed by atoms with Gasteiger partial charge in [-0.2, -0.15) is 0 Å². The molecule has 0 fully saturated rings. The van der Waals surface area contributed by atoms with Crippen molar-refractivity contribution < 1.29 is 4.79 Å². The summed E-state index contributed by atoms with van der Waals surface area (Å²) in [6, 6.07) is 15.7. The van der Waals surface area contributed by atoms with Crippen molar-refractivity contribution in [2.24, 2.45) is 0 Å². The molecule has 3 N–H and O–H groups in total. The number of rotatable bonds is 5. The number of amides is 1. The third kappa shape index (κ3) is 4.53. The Bertz CT molecular complexity index is 613. The molecule has 0 saturated heterocycles. The van der Waals surface area contributed by atoms with E-state index in [4.69, 9.17) is 5.73 Å². The topological polar surface area (TPSA) is 55.1 Å². The number of hydrogen-bond donors (Lipinski definition) is 2. The number of benzene rings is 2. The Morgan fingerprint density at radius 3 is 2.67 bits per heavy atom. The second-order valence-electron chi connectivity index (χ2n) is 5.00. The van der Waals surface area contributed by atoms with E-state index in [1.165, 1.54) is 5.56 Å². The van der Waals surface area contributed by atoms with Gasteiger partial charge in [0, 0.05) is 17.1 Å². The average Bonchev–Trinajstić information content (AvgIpc) is 2.49. The number of nitrogens with two attached hydrogens (primary N) is 1. The molecule has 0 heterocycles. The van der Waals surface area contributed by atoms with Crippen molar-refractivity contribution in [2.75, 3.05) is 11.1 Å². The van der Waals surface area contributed by atoms with Gasteiger partial charge in [-0.15, -0.1) is 11.8 Å². The van der Waals surface area contributed by atoms with Gasteiger partial charge in [-0.3, -0.25) is 4.79 Å². The SMILES string of the molecule is Cc1ccc(N)cc1NC(=O)C(C)SCc1ccccc1. The number of anilines is 2. The molecule has 0 spiro atoms. The quantitative estimate of drug-likeness (QED) is 0.825. The van der Waals surface area contributed by atoms with Crippen LogP contribution >= 0.6 is 11.8 Å². The number of carbonyl (C=O) groups excluding carboxylic acids is 1. The molecule has 1 unspecified atom stereocenters. The maximum absolute atomic E-state index is 12.2. The van der Waals surface area contributed by atoms with E-state index >= 15 is 0 Å². The highest BCUT2D eigenvalue weighted by Gasteiger charge is 2.14. The molecule has 1 amide bonds. The number of carbonyl (C=O) groups is 1. The van der Waals surface area contributed by atoms with Crippen molar-refractivity contribution in [3.05, 3.63) is 59.7 Å². The summed E-state index contributed by atoms with van der Waals surface area (Å²) in [4.78, 5) is 12.2. The summed E-state index contributed by atoms with van der Waals surface area (Å²) in [7, 11) is 0. The summed E-state index contributed by atoms with van der Waals surface area (Å²) in [5.41, 5.74) is 9.43. The third-order valence-electron chi connectivity index (χ3n) is 3.23. The normalized spacial score (nSPS) is 11.9. The van der Waals surface area contributed by atoms with Crippen LogP contribution in [0.1, 0.15) is 18.1 Å². The molecule has 2 aromatic rings. The Labute approximate surface area is 129 Å². The fraction of sp³-hybridized carbons (Fsp3) is 0.235. The maximum atomic E-state index is 12.2. The Morgan fingerprint density at radius 1 is 1.24 bits per heavy atom. The molecule has 4 heteroatoms. The van der Waals surface area contributed by atoms with Gasteiger partial charge >= 0.3 is 0 Å². The molecule has 0 aliphatic carbocycles. The van der Waals surface area contributed by atoms with E-state index < -0.39 is 0 Å². The molecule has 2 rings (SSSR count). The van der Waals surface area contributed by atoms with Crippen LogP contribution in [0.3, 0.4) is 0 Å². The van der Waals surface area contributed by atoms with Gasteiger partial charge in [-0.25, -0.2) is 0 Å². The highest BCUT2D eigenvalue weighted by molar-refractivity contribution is 7.99. The molecule has 0 saturated carbocycles. The van der Waals surface area contributed by atoms with Crippen LogP contribution in [0.2, 0.25) is 0 Å². The molecule has 0 radical (unpaired) electrons. The largest absolute Gasteiger partial charge is 0.399 e. The minimum atomic E-state index is -0.119. The number of hydrogen-bond acceptors (Lipinski definition) is 3. The zero-order chi connectivity index (χ0) is 15.2. The molecule has 0 aliphatic heterocycles. The van der Waals surface area contributed by atoms with Crippen LogP contribution in [0.25, 0.3) is 0 Å². The molecule has 1 atom stereocenters. The van der Waals surface area contributed by atoms with Crippen molar-refractivity contribution in [1.29, 1.82) is 0 Å². The number of aryl methyl sites for hydroxylation is 1. The zero-order valence-electron chi connectivity index (χ0n) is 12.3. The smallest absolute Gasteiger partial charge is 0.237 e. The fourth-order valence-corrected chi connectivity index (χ4v) is 2.72. The van der Waals surface area contributed by atoms with Crippen molar-refractivity contribution in [2.45, 2.75) is 24.9 Å². The summed E-state index contributed by atoms with van der Waals surface area (Å²) < 4.78 is 0. The number of nitrogens with one attached hydrogen (secondary N) is 1. The van der Waals surface area contributed by atoms with E-state index in [2.05, 4.69) is 17.4 Å². The highest BCUT2D eigenvalue weighted by Crippen LogP contribution is 2.22. The average molecular weight is 300 g/mol. The molecular weight excluding hydrogens is 280 g/mol. The lowest BCUT2D eigenvalue weighted by molar-refractivity contribution is -0.115.